The maximum absolute atomic E-state index is 13.3. The number of rotatable bonds is 4. The number of anilines is 1. The van der Waals surface area contributed by atoms with E-state index in [-0.39, 0.29) is 12.0 Å². The van der Waals surface area contributed by atoms with Crippen molar-refractivity contribution in [3.63, 3.8) is 0 Å². The zero-order valence-electron chi connectivity index (χ0n) is 17.0. The van der Waals surface area contributed by atoms with E-state index in [2.05, 4.69) is 16.0 Å². The Kier molecular flexibility index (Phi) is 4.43. The van der Waals surface area contributed by atoms with Crippen molar-refractivity contribution in [2.45, 2.75) is 13.0 Å². The minimum atomic E-state index is -0.323. The van der Waals surface area contributed by atoms with E-state index in [1.807, 2.05) is 30.3 Å². The van der Waals surface area contributed by atoms with Crippen LogP contribution in [-0.4, -0.2) is 46.6 Å². The molecule has 0 bridgehead atoms. The van der Waals surface area contributed by atoms with Crippen molar-refractivity contribution in [3.8, 4) is 11.1 Å². The molecule has 0 unspecified atom stereocenters. The smallest absolute Gasteiger partial charge is 0.410 e. The molecule has 0 saturated carbocycles. The lowest BCUT2D eigenvalue weighted by atomic mass is 9.97. The zero-order valence-corrected chi connectivity index (χ0v) is 17.8. The van der Waals surface area contributed by atoms with Crippen molar-refractivity contribution in [1.82, 2.24) is 14.9 Å². The predicted octanol–water partition coefficient (Wildman–Crippen LogP) is 4.11. The number of hydrogen-bond acceptors (Lipinski definition) is 7. The Hall–Kier alpha value is -3.72. The van der Waals surface area contributed by atoms with Gasteiger partial charge in [0, 0.05) is 23.3 Å². The molecule has 2 aliphatic heterocycles. The highest BCUT2D eigenvalue weighted by molar-refractivity contribution is 7.13. The molecule has 1 fully saturated rings. The van der Waals surface area contributed by atoms with Gasteiger partial charge in [-0.3, -0.25) is 9.69 Å². The Balaban J connectivity index is 1.27. The molecule has 9 heteroatoms. The first-order chi connectivity index (χ1) is 15.7. The van der Waals surface area contributed by atoms with Crippen molar-refractivity contribution in [2.75, 3.05) is 24.6 Å². The van der Waals surface area contributed by atoms with E-state index >= 15 is 0 Å². The van der Waals surface area contributed by atoms with Gasteiger partial charge < -0.3 is 14.1 Å². The van der Waals surface area contributed by atoms with Crippen LogP contribution in [0.1, 0.15) is 20.2 Å². The number of benzene rings is 2. The van der Waals surface area contributed by atoms with Crippen LogP contribution in [0.5, 0.6) is 0 Å². The van der Waals surface area contributed by atoms with Crippen LogP contribution in [0, 0.1) is 0 Å². The van der Waals surface area contributed by atoms with Crippen molar-refractivity contribution < 1.29 is 18.7 Å². The van der Waals surface area contributed by atoms with Crippen LogP contribution in [0.15, 0.2) is 53.4 Å². The monoisotopic (exact) mass is 446 g/mol. The van der Waals surface area contributed by atoms with Crippen LogP contribution >= 0.6 is 11.3 Å². The lowest BCUT2D eigenvalue weighted by Crippen LogP contribution is -2.28. The largest absolute Gasteiger partial charge is 0.448 e. The molecular weight excluding hydrogens is 428 g/mol. The summed E-state index contributed by atoms with van der Waals surface area (Å²) in [4.78, 5) is 37.8. The third kappa shape index (κ3) is 3.13. The molecule has 160 valence electrons. The van der Waals surface area contributed by atoms with Crippen LogP contribution in [0.2, 0.25) is 0 Å². The van der Waals surface area contributed by atoms with E-state index < -0.39 is 0 Å². The molecule has 0 aliphatic carbocycles. The van der Waals surface area contributed by atoms with E-state index in [0.29, 0.717) is 31.2 Å². The fourth-order valence-electron chi connectivity index (χ4n) is 4.29. The number of oxazole rings is 1. The molecule has 6 rings (SSSR count). The van der Waals surface area contributed by atoms with Crippen molar-refractivity contribution >= 4 is 40.1 Å². The standard InChI is InChI=1S/C23H18N4O4S/c28-22(21-24-11-15(32-21)12-26-8-9-30-23(26)29)27-7-6-17-16(2-1-3-19(17)27)14-4-5-20-18(10-14)25-13-31-20/h1-5,10-11,13H,6-9,12H2. The summed E-state index contributed by atoms with van der Waals surface area (Å²) in [7, 11) is 0. The summed E-state index contributed by atoms with van der Waals surface area (Å²) >= 11 is 1.32. The van der Waals surface area contributed by atoms with Gasteiger partial charge in [-0.2, -0.15) is 0 Å². The molecule has 4 aromatic rings. The molecule has 2 aliphatic rings. The highest BCUT2D eigenvalue weighted by atomic mass is 32.1. The Bertz CT molecular complexity index is 1360. The van der Waals surface area contributed by atoms with Gasteiger partial charge in [0.25, 0.3) is 5.91 Å². The molecule has 32 heavy (non-hydrogen) atoms. The van der Waals surface area contributed by atoms with Gasteiger partial charge in [-0.25, -0.2) is 14.8 Å². The molecular formula is C23H18N4O4S. The summed E-state index contributed by atoms with van der Waals surface area (Å²) in [5, 5.41) is 0.426. The Labute approximate surface area is 187 Å². The Morgan fingerprint density at radius 3 is 2.97 bits per heavy atom. The van der Waals surface area contributed by atoms with Crippen molar-refractivity contribution in [3.05, 3.63) is 64.4 Å². The Morgan fingerprint density at radius 1 is 1.16 bits per heavy atom. The number of carbonyl (C=O) groups excluding carboxylic acids is 2. The molecule has 2 amide bonds. The number of thiazole rings is 1. The number of amides is 2. The number of cyclic esters (lactones) is 1. The second-order valence-corrected chi connectivity index (χ2v) is 8.83. The topological polar surface area (TPSA) is 88.8 Å². The van der Waals surface area contributed by atoms with Gasteiger partial charge in [-0.15, -0.1) is 11.3 Å². The number of nitrogens with zero attached hydrogens (tertiary/aromatic N) is 4. The van der Waals surface area contributed by atoms with E-state index in [1.165, 1.54) is 17.7 Å². The number of hydrogen-bond donors (Lipinski definition) is 0. The number of fused-ring (bicyclic) bond motifs is 2. The number of aromatic nitrogens is 2. The third-order valence-electron chi connectivity index (χ3n) is 5.84. The summed E-state index contributed by atoms with van der Waals surface area (Å²) in [5.74, 6) is -0.117. The minimum absolute atomic E-state index is 0.117. The van der Waals surface area contributed by atoms with Gasteiger partial charge in [-0.1, -0.05) is 18.2 Å². The van der Waals surface area contributed by atoms with E-state index in [4.69, 9.17) is 9.15 Å². The molecule has 0 N–H and O–H groups in total. The average Bonchev–Trinajstić information content (AvgIpc) is 3.60. The number of carbonyl (C=O) groups is 2. The first-order valence-electron chi connectivity index (χ1n) is 10.3. The maximum Gasteiger partial charge on any atom is 0.410 e. The van der Waals surface area contributed by atoms with Crippen molar-refractivity contribution in [1.29, 1.82) is 0 Å². The lowest BCUT2D eigenvalue weighted by molar-refractivity contribution is 0.0989. The van der Waals surface area contributed by atoms with Crippen LogP contribution in [0.25, 0.3) is 22.2 Å². The summed E-state index contributed by atoms with van der Waals surface area (Å²) in [6.07, 6.45) is 3.56. The first-order valence-corrected chi connectivity index (χ1v) is 11.1. The second kappa shape index (κ2) is 7.45. The van der Waals surface area contributed by atoms with Crippen LogP contribution in [0.3, 0.4) is 0 Å². The first kappa shape index (κ1) is 19.0. The SMILES string of the molecule is O=C1OCCN1Cc1cnc(C(=O)N2CCc3c(-c4ccc5ocnc5c4)cccc32)s1. The zero-order chi connectivity index (χ0) is 21.7. The normalized spacial score (nSPS) is 15.4. The van der Waals surface area contributed by atoms with Crippen LogP contribution in [-0.2, 0) is 17.7 Å². The summed E-state index contributed by atoms with van der Waals surface area (Å²) < 4.78 is 10.3. The predicted molar refractivity (Wildman–Crippen MR) is 119 cm³/mol. The molecule has 2 aromatic carbocycles. The third-order valence-corrected chi connectivity index (χ3v) is 6.81. The molecule has 0 atom stereocenters. The molecule has 2 aromatic heterocycles. The summed E-state index contributed by atoms with van der Waals surface area (Å²) in [6, 6.07) is 12.0. The van der Waals surface area contributed by atoms with Gasteiger partial charge in [0.1, 0.15) is 12.1 Å². The van der Waals surface area contributed by atoms with E-state index in [9.17, 15) is 9.59 Å². The average molecular weight is 446 g/mol. The number of ether oxygens (including phenoxy) is 1. The quantitative estimate of drug-likeness (QED) is 0.469. The Morgan fingerprint density at radius 2 is 2.09 bits per heavy atom. The van der Waals surface area contributed by atoms with Gasteiger partial charge in [0.2, 0.25) is 0 Å². The van der Waals surface area contributed by atoms with Crippen molar-refractivity contribution in [2.24, 2.45) is 0 Å². The highest BCUT2D eigenvalue weighted by Crippen LogP contribution is 2.38. The molecule has 8 nitrogen and oxygen atoms in total. The molecule has 0 spiro atoms. The highest BCUT2D eigenvalue weighted by Gasteiger charge is 2.30. The van der Waals surface area contributed by atoms with Gasteiger partial charge in [-0.05, 0) is 41.3 Å². The second-order valence-electron chi connectivity index (χ2n) is 7.71. The summed E-state index contributed by atoms with van der Waals surface area (Å²) in [6.45, 7) is 1.97. The summed E-state index contributed by atoms with van der Waals surface area (Å²) in [5.41, 5.74) is 5.75. The van der Waals surface area contributed by atoms with Crippen LogP contribution in [0.4, 0.5) is 10.5 Å². The fourth-order valence-corrected chi connectivity index (χ4v) is 5.17. The van der Waals surface area contributed by atoms with Gasteiger partial charge in [0.15, 0.2) is 17.0 Å². The van der Waals surface area contributed by atoms with E-state index in [0.717, 1.165) is 44.8 Å². The molecule has 1 saturated heterocycles. The van der Waals surface area contributed by atoms with Gasteiger partial charge >= 0.3 is 6.09 Å². The molecule has 0 radical (unpaired) electrons. The molecule has 4 heterocycles. The van der Waals surface area contributed by atoms with Crippen LogP contribution < -0.4 is 4.90 Å². The maximum atomic E-state index is 13.3. The lowest BCUT2D eigenvalue weighted by Gasteiger charge is -2.16. The minimum Gasteiger partial charge on any atom is -0.448 e. The van der Waals surface area contributed by atoms with Gasteiger partial charge in [0.05, 0.1) is 13.1 Å². The van der Waals surface area contributed by atoms with E-state index in [1.54, 1.807) is 16.0 Å². The fraction of sp³-hybridized carbons (Fsp3) is 0.217.